The molecule has 19 heavy (non-hydrogen) atoms. The Morgan fingerprint density at radius 2 is 1.74 bits per heavy atom. The summed E-state index contributed by atoms with van der Waals surface area (Å²) < 4.78 is 26.3. The molecule has 0 saturated heterocycles. The molecule has 100 valence electrons. The van der Waals surface area contributed by atoms with Crippen LogP contribution in [0.1, 0.15) is 24.8 Å². The van der Waals surface area contributed by atoms with E-state index in [-0.39, 0.29) is 11.3 Å². The number of nitriles is 2. The second-order valence-electron chi connectivity index (χ2n) is 3.99. The van der Waals surface area contributed by atoms with Crippen molar-refractivity contribution in [3.63, 3.8) is 0 Å². The summed E-state index contributed by atoms with van der Waals surface area (Å²) in [5.41, 5.74) is 0.787. The summed E-state index contributed by atoms with van der Waals surface area (Å²) >= 11 is 0. The monoisotopic (exact) mass is 277 g/mol. The highest BCUT2D eigenvalue weighted by Crippen LogP contribution is 2.11. The third-order valence-corrected chi connectivity index (χ3v) is 4.00. The molecule has 0 aliphatic carbocycles. The Morgan fingerprint density at radius 1 is 1.05 bits per heavy atom. The highest BCUT2D eigenvalue weighted by atomic mass is 32.2. The maximum absolute atomic E-state index is 11.9. The fraction of sp³-hybridized carbons (Fsp3) is 0.385. The van der Waals surface area contributed by atoms with Crippen LogP contribution < -0.4 is 4.72 Å². The van der Waals surface area contributed by atoms with Crippen LogP contribution in [0.25, 0.3) is 0 Å². The van der Waals surface area contributed by atoms with Gasteiger partial charge in [0.05, 0.1) is 23.5 Å². The van der Waals surface area contributed by atoms with E-state index in [0.717, 1.165) is 5.56 Å². The van der Waals surface area contributed by atoms with Gasteiger partial charge in [-0.3, -0.25) is 0 Å². The smallest absolute Gasteiger partial charge is 0.211 e. The first-order valence-electron chi connectivity index (χ1n) is 5.92. The first kappa shape index (κ1) is 15.2. The molecule has 0 fully saturated rings. The largest absolute Gasteiger partial charge is 0.240 e. The van der Waals surface area contributed by atoms with Gasteiger partial charge in [-0.25, -0.2) is 13.1 Å². The van der Waals surface area contributed by atoms with Gasteiger partial charge in [-0.15, -0.1) is 0 Å². The van der Waals surface area contributed by atoms with E-state index in [2.05, 4.69) is 4.72 Å². The molecule has 0 saturated carbocycles. The molecule has 1 N–H and O–H groups in total. The quantitative estimate of drug-likeness (QED) is 0.768. The zero-order valence-corrected chi connectivity index (χ0v) is 11.3. The van der Waals surface area contributed by atoms with Crippen LogP contribution in [0, 0.1) is 22.7 Å². The lowest BCUT2D eigenvalue weighted by Crippen LogP contribution is -2.24. The Bertz CT molecular complexity index is 580. The third-order valence-electron chi connectivity index (χ3n) is 2.52. The lowest BCUT2D eigenvalue weighted by atomic mass is 10.2. The number of hydrogen-bond donors (Lipinski definition) is 1. The minimum absolute atomic E-state index is 0.189. The van der Waals surface area contributed by atoms with Crippen molar-refractivity contribution in [2.24, 2.45) is 0 Å². The highest BCUT2D eigenvalue weighted by Gasteiger charge is 2.12. The lowest BCUT2D eigenvalue weighted by molar-refractivity contribution is 0.577. The van der Waals surface area contributed by atoms with Crippen molar-refractivity contribution in [1.82, 2.24) is 4.72 Å². The molecule has 1 rings (SSSR count). The minimum atomic E-state index is -3.49. The second-order valence-corrected chi connectivity index (χ2v) is 5.76. The van der Waals surface area contributed by atoms with Gasteiger partial charge < -0.3 is 0 Å². The SMILES string of the molecule is N#CCCCCNS(=O)(=O)c1ccc(CC#N)cc1. The molecule has 0 atom stereocenters. The van der Waals surface area contributed by atoms with Crippen LogP contribution in [0.4, 0.5) is 0 Å². The molecule has 0 amide bonds. The average Bonchev–Trinajstić information content (AvgIpc) is 2.39. The number of unbranched alkanes of at least 4 members (excludes halogenated alkanes) is 2. The second kappa shape index (κ2) is 7.52. The van der Waals surface area contributed by atoms with Gasteiger partial charge in [0.15, 0.2) is 0 Å². The first-order chi connectivity index (χ1) is 9.10. The van der Waals surface area contributed by atoms with Crippen molar-refractivity contribution in [3.05, 3.63) is 29.8 Å². The zero-order valence-electron chi connectivity index (χ0n) is 10.5. The molecular weight excluding hydrogens is 262 g/mol. The van der Waals surface area contributed by atoms with Crippen molar-refractivity contribution in [3.8, 4) is 12.1 Å². The number of nitrogens with one attached hydrogen (secondary N) is 1. The summed E-state index contributed by atoms with van der Waals surface area (Å²) in [4.78, 5) is 0.189. The molecule has 5 nitrogen and oxygen atoms in total. The highest BCUT2D eigenvalue weighted by molar-refractivity contribution is 7.89. The fourth-order valence-electron chi connectivity index (χ4n) is 1.50. The molecule has 0 heterocycles. The lowest BCUT2D eigenvalue weighted by Gasteiger charge is -2.06. The first-order valence-corrected chi connectivity index (χ1v) is 7.41. The van der Waals surface area contributed by atoms with E-state index < -0.39 is 10.0 Å². The van der Waals surface area contributed by atoms with Gasteiger partial charge >= 0.3 is 0 Å². The van der Waals surface area contributed by atoms with Crippen molar-refractivity contribution >= 4 is 10.0 Å². The average molecular weight is 277 g/mol. The molecule has 1 aromatic rings. The molecule has 0 aliphatic rings. The molecule has 0 aliphatic heterocycles. The topological polar surface area (TPSA) is 93.8 Å². The van der Waals surface area contributed by atoms with Gasteiger partial charge in [-0.1, -0.05) is 12.1 Å². The van der Waals surface area contributed by atoms with Crippen LogP contribution in [0.15, 0.2) is 29.2 Å². The maximum atomic E-state index is 11.9. The number of rotatable bonds is 7. The Balaban J connectivity index is 2.57. The number of benzene rings is 1. The Morgan fingerprint density at radius 3 is 2.32 bits per heavy atom. The van der Waals surface area contributed by atoms with Crippen LogP contribution in [-0.4, -0.2) is 15.0 Å². The van der Waals surface area contributed by atoms with Crippen LogP contribution in [0.3, 0.4) is 0 Å². The van der Waals surface area contributed by atoms with E-state index in [1.165, 1.54) is 12.1 Å². The van der Waals surface area contributed by atoms with E-state index in [1.54, 1.807) is 12.1 Å². The molecule has 1 aromatic carbocycles. The van der Waals surface area contributed by atoms with Crippen molar-refractivity contribution in [2.45, 2.75) is 30.6 Å². The number of hydrogen-bond acceptors (Lipinski definition) is 4. The Labute approximate surface area is 113 Å². The zero-order chi connectivity index (χ0) is 14.1. The molecule has 6 heteroatoms. The van der Waals surface area contributed by atoms with Gasteiger partial charge in [-0.05, 0) is 30.5 Å². The van der Waals surface area contributed by atoms with Gasteiger partial charge in [-0.2, -0.15) is 10.5 Å². The van der Waals surface area contributed by atoms with Crippen molar-refractivity contribution in [2.75, 3.05) is 6.54 Å². The third kappa shape index (κ3) is 5.09. The van der Waals surface area contributed by atoms with E-state index in [4.69, 9.17) is 10.5 Å². The van der Waals surface area contributed by atoms with E-state index in [9.17, 15) is 8.42 Å². The predicted molar refractivity (Wildman–Crippen MR) is 70.4 cm³/mol. The van der Waals surface area contributed by atoms with E-state index in [0.29, 0.717) is 25.8 Å². The van der Waals surface area contributed by atoms with Crippen molar-refractivity contribution in [1.29, 1.82) is 10.5 Å². The molecule has 0 bridgehead atoms. The van der Waals surface area contributed by atoms with Crippen LogP contribution >= 0.6 is 0 Å². The summed E-state index contributed by atoms with van der Waals surface area (Å²) in [5.74, 6) is 0. The number of sulfonamides is 1. The summed E-state index contributed by atoms with van der Waals surface area (Å²) in [6, 6.07) is 10.3. The summed E-state index contributed by atoms with van der Waals surface area (Å²) in [6.07, 6.45) is 2.02. The van der Waals surface area contributed by atoms with Crippen LogP contribution in [0.5, 0.6) is 0 Å². The standard InChI is InChI=1S/C13H15N3O2S/c14-9-2-1-3-11-16-19(17,18)13-6-4-12(5-7-13)8-10-15/h4-7,16H,1-3,8,11H2. The van der Waals surface area contributed by atoms with Gasteiger partial charge in [0.2, 0.25) is 10.0 Å². The Hall–Kier alpha value is -1.89. The Kier molecular flexibility index (Phi) is 6.01. The van der Waals surface area contributed by atoms with Gasteiger partial charge in [0.1, 0.15) is 0 Å². The van der Waals surface area contributed by atoms with E-state index >= 15 is 0 Å². The molecular formula is C13H15N3O2S. The fourth-order valence-corrected chi connectivity index (χ4v) is 2.57. The molecule has 0 aromatic heterocycles. The maximum Gasteiger partial charge on any atom is 0.240 e. The summed E-state index contributed by atoms with van der Waals surface area (Å²) in [7, 11) is -3.49. The number of nitrogens with zero attached hydrogens (tertiary/aromatic N) is 2. The molecule has 0 spiro atoms. The molecule has 0 unspecified atom stereocenters. The van der Waals surface area contributed by atoms with Crippen LogP contribution in [-0.2, 0) is 16.4 Å². The predicted octanol–water partition coefficient (Wildman–Crippen LogP) is 1.72. The minimum Gasteiger partial charge on any atom is -0.211 e. The van der Waals surface area contributed by atoms with Gasteiger partial charge in [0.25, 0.3) is 0 Å². The summed E-state index contributed by atoms with van der Waals surface area (Å²) in [6.45, 7) is 0.323. The van der Waals surface area contributed by atoms with Crippen molar-refractivity contribution < 1.29 is 8.42 Å². The summed E-state index contributed by atoms with van der Waals surface area (Å²) in [5, 5.41) is 16.9. The molecule has 0 radical (unpaired) electrons. The van der Waals surface area contributed by atoms with Gasteiger partial charge in [0, 0.05) is 13.0 Å². The van der Waals surface area contributed by atoms with Crippen LogP contribution in [0.2, 0.25) is 0 Å². The van der Waals surface area contributed by atoms with E-state index in [1.807, 2.05) is 12.1 Å². The normalized spacial score (nSPS) is 10.6.